The Bertz CT molecular complexity index is 587. The van der Waals surface area contributed by atoms with Crippen molar-refractivity contribution in [3.63, 3.8) is 0 Å². The summed E-state index contributed by atoms with van der Waals surface area (Å²) in [5.41, 5.74) is 5.70. The molecular weight excluding hydrogens is 234 g/mol. The van der Waals surface area contributed by atoms with E-state index >= 15 is 0 Å². The minimum absolute atomic E-state index is 0.700. The van der Waals surface area contributed by atoms with Crippen LogP contribution in [0.15, 0.2) is 30.6 Å². The van der Waals surface area contributed by atoms with Crippen LogP contribution in [0.4, 0.5) is 0 Å². The summed E-state index contributed by atoms with van der Waals surface area (Å²) in [5, 5.41) is 0. The first-order valence-corrected chi connectivity index (χ1v) is 7.22. The Kier molecular flexibility index (Phi) is 2.66. The van der Waals surface area contributed by atoms with E-state index in [-0.39, 0.29) is 0 Å². The van der Waals surface area contributed by atoms with Crippen molar-refractivity contribution >= 4 is 0 Å². The highest BCUT2D eigenvalue weighted by atomic mass is 15.2. The van der Waals surface area contributed by atoms with Crippen LogP contribution in [0, 0.1) is 0 Å². The summed E-state index contributed by atoms with van der Waals surface area (Å²) in [6.45, 7) is 2.20. The molecule has 0 unspecified atom stereocenters. The number of imidazole rings is 1. The molecule has 0 bridgehead atoms. The Balaban J connectivity index is 1.53. The van der Waals surface area contributed by atoms with E-state index in [4.69, 9.17) is 0 Å². The maximum Gasteiger partial charge on any atom is 0.0925 e. The lowest BCUT2D eigenvalue weighted by Gasteiger charge is -2.37. The van der Waals surface area contributed by atoms with E-state index < -0.39 is 0 Å². The van der Waals surface area contributed by atoms with E-state index in [0.717, 1.165) is 19.5 Å². The van der Waals surface area contributed by atoms with E-state index in [1.165, 1.54) is 30.7 Å². The molecule has 1 atom stereocenters. The molecule has 3 nitrogen and oxygen atoms in total. The van der Waals surface area contributed by atoms with Crippen LogP contribution in [0.5, 0.6) is 0 Å². The number of aromatic nitrogens is 2. The van der Waals surface area contributed by atoms with Crippen molar-refractivity contribution in [1.29, 1.82) is 0 Å². The molecule has 1 aromatic carbocycles. The molecular formula is C16H19N3. The van der Waals surface area contributed by atoms with Crippen LogP contribution in [0.3, 0.4) is 0 Å². The fraction of sp³-hybridized carbons (Fsp3) is 0.438. The van der Waals surface area contributed by atoms with Gasteiger partial charge in [-0.1, -0.05) is 24.3 Å². The Morgan fingerprint density at radius 3 is 3.00 bits per heavy atom. The summed E-state index contributed by atoms with van der Waals surface area (Å²) < 4.78 is 0. The van der Waals surface area contributed by atoms with Crippen molar-refractivity contribution in [1.82, 2.24) is 14.9 Å². The molecule has 98 valence electrons. The van der Waals surface area contributed by atoms with E-state index in [1.54, 1.807) is 11.1 Å². The second kappa shape index (κ2) is 4.49. The third kappa shape index (κ3) is 1.98. The average molecular weight is 253 g/mol. The van der Waals surface area contributed by atoms with E-state index in [9.17, 15) is 0 Å². The van der Waals surface area contributed by atoms with Gasteiger partial charge in [0.2, 0.25) is 0 Å². The minimum Gasteiger partial charge on any atom is -0.347 e. The lowest BCUT2D eigenvalue weighted by molar-refractivity contribution is 0.160. The average Bonchev–Trinajstić information content (AvgIpc) is 2.94. The van der Waals surface area contributed by atoms with Crippen LogP contribution in [-0.2, 0) is 25.8 Å². The predicted octanol–water partition coefficient (Wildman–Crippen LogP) is 2.33. The van der Waals surface area contributed by atoms with E-state index in [1.807, 2.05) is 6.33 Å². The van der Waals surface area contributed by atoms with Gasteiger partial charge in [-0.3, -0.25) is 4.90 Å². The topological polar surface area (TPSA) is 31.9 Å². The quantitative estimate of drug-likeness (QED) is 0.846. The zero-order valence-electron chi connectivity index (χ0n) is 11.1. The van der Waals surface area contributed by atoms with Crippen molar-refractivity contribution in [2.75, 3.05) is 6.54 Å². The highest BCUT2D eigenvalue weighted by Crippen LogP contribution is 2.27. The molecule has 1 aliphatic carbocycles. The highest BCUT2D eigenvalue weighted by molar-refractivity contribution is 5.30. The van der Waals surface area contributed by atoms with Crippen molar-refractivity contribution in [2.45, 2.75) is 38.3 Å². The summed E-state index contributed by atoms with van der Waals surface area (Å²) in [6.07, 6.45) is 6.66. The molecule has 2 aromatic rings. The van der Waals surface area contributed by atoms with Crippen LogP contribution in [-0.4, -0.2) is 27.5 Å². The van der Waals surface area contributed by atoms with Crippen molar-refractivity contribution < 1.29 is 0 Å². The number of benzene rings is 1. The zero-order valence-corrected chi connectivity index (χ0v) is 11.1. The van der Waals surface area contributed by atoms with Crippen LogP contribution in [0.2, 0.25) is 0 Å². The number of aryl methyl sites for hydroxylation is 1. The lowest BCUT2D eigenvalue weighted by Crippen LogP contribution is -2.42. The zero-order chi connectivity index (χ0) is 12.7. The second-order valence-electron chi connectivity index (χ2n) is 5.71. The first kappa shape index (κ1) is 11.2. The number of rotatable bonds is 1. The van der Waals surface area contributed by atoms with Gasteiger partial charge >= 0.3 is 0 Å². The number of aromatic amines is 1. The van der Waals surface area contributed by atoms with Crippen molar-refractivity contribution in [3.05, 3.63) is 53.1 Å². The van der Waals surface area contributed by atoms with Gasteiger partial charge in [-0.05, 0) is 30.4 Å². The summed E-state index contributed by atoms with van der Waals surface area (Å²) in [4.78, 5) is 10.3. The van der Waals surface area contributed by atoms with Gasteiger partial charge in [-0.15, -0.1) is 0 Å². The number of nitrogens with zero attached hydrogens (tertiary/aromatic N) is 2. The SMILES string of the molecule is c1ccc2c(c1)CC[C@@H](N1CCc3nc[nH]c3C1)C2. The van der Waals surface area contributed by atoms with Crippen LogP contribution in [0.25, 0.3) is 0 Å². The van der Waals surface area contributed by atoms with Crippen LogP contribution >= 0.6 is 0 Å². The monoisotopic (exact) mass is 253 g/mol. The Labute approximate surface area is 113 Å². The molecule has 1 aliphatic heterocycles. The van der Waals surface area contributed by atoms with E-state index in [0.29, 0.717) is 6.04 Å². The third-order valence-electron chi connectivity index (χ3n) is 4.64. The lowest BCUT2D eigenvalue weighted by atomic mass is 9.87. The predicted molar refractivity (Wildman–Crippen MR) is 75.0 cm³/mol. The Morgan fingerprint density at radius 1 is 1.16 bits per heavy atom. The first-order valence-electron chi connectivity index (χ1n) is 7.22. The Morgan fingerprint density at radius 2 is 2.05 bits per heavy atom. The van der Waals surface area contributed by atoms with Gasteiger partial charge in [-0.2, -0.15) is 0 Å². The smallest absolute Gasteiger partial charge is 0.0925 e. The number of hydrogen-bond acceptors (Lipinski definition) is 2. The third-order valence-corrected chi connectivity index (χ3v) is 4.64. The normalized spacial score (nSPS) is 22.8. The molecule has 0 fully saturated rings. The van der Waals surface area contributed by atoms with Crippen LogP contribution < -0.4 is 0 Å². The van der Waals surface area contributed by atoms with Gasteiger partial charge in [0.25, 0.3) is 0 Å². The fourth-order valence-corrected chi connectivity index (χ4v) is 3.54. The van der Waals surface area contributed by atoms with Gasteiger partial charge in [-0.25, -0.2) is 4.98 Å². The van der Waals surface area contributed by atoms with Gasteiger partial charge in [0.15, 0.2) is 0 Å². The number of H-pyrrole nitrogens is 1. The van der Waals surface area contributed by atoms with Gasteiger partial charge in [0.1, 0.15) is 0 Å². The molecule has 0 spiro atoms. The first-order chi connectivity index (χ1) is 9.40. The molecule has 2 heterocycles. The largest absolute Gasteiger partial charge is 0.347 e. The number of fused-ring (bicyclic) bond motifs is 2. The second-order valence-corrected chi connectivity index (χ2v) is 5.71. The summed E-state index contributed by atoms with van der Waals surface area (Å²) in [7, 11) is 0. The van der Waals surface area contributed by atoms with Crippen LogP contribution in [0.1, 0.15) is 28.9 Å². The maximum absolute atomic E-state index is 4.39. The molecule has 2 aliphatic rings. The molecule has 0 saturated heterocycles. The molecule has 0 saturated carbocycles. The molecule has 4 rings (SSSR count). The molecule has 0 amide bonds. The highest BCUT2D eigenvalue weighted by Gasteiger charge is 2.27. The van der Waals surface area contributed by atoms with E-state index in [2.05, 4.69) is 39.1 Å². The molecule has 0 radical (unpaired) electrons. The summed E-state index contributed by atoms with van der Waals surface area (Å²) in [5.74, 6) is 0. The fourth-order valence-electron chi connectivity index (χ4n) is 3.54. The molecule has 1 aromatic heterocycles. The Hall–Kier alpha value is -1.61. The summed E-state index contributed by atoms with van der Waals surface area (Å²) >= 11 is 0. The maximum atomic E-state index is 4.39. The standard InChI is InChI=1S/C16H19N3/c1-2-4-13-9-14(6-5-12(13)3-1)19-8-7-15-16(10-19)18-11-17-15/h1-4,11,14H,5-10H2,(H,17,18)/t14-/m1/s1. The number of nitrogens with one attached hydrogen (secondary N) is 1. The van der Waals surface area contributed by atoms with Gasteiger partial charge in [0, 0.05) is 25.6 Å². The van der Waals surface area contributed by atoms with Gasteiger partial charge in [0.05, 0.1) is 17.7 Å². The molecule has 19 heavy (non-hydrogen) atoms. The molecule has 3 heteroatoms. The molecule has 1 N–H and O–H groups in total. The van der Waals surface area contributed by atoms with Crippen molar-refractivity contribution in [3.8, 4) is 0 Å². The van der Waals surface area contributed by atoms with Gasteiger partial charge < -0.3 is 4.98 Å². The minimum atomic E-state index is 0.700. The number of hydrogen-bond donors (Lipinski definition) is 1. The van der Waals surface area contributed by atoms with Crippen molar-refractivity contribution in [2.24, 2.45) is 0 Å². The summed E-state index contributed by atoms with van der Waals surface area (Å²) in [6, 6.07) is 9.62.